The summed E-state index contributed by atoms with van der Waals surface area (Å²) in [5, 5.41) is 8.71. The lowest BCUT2D eigenvalue weighted by molar-refractivity contribution is -0.122. The van der Waals surface area contributed by atoms with E-state index in [4.69, 9.17) is 9.47 Å². The summed E-state index contributed by atoms with van der Waals surface area (Å²) < 4.78 is 10.3. The van der Waals surface area contributed by atoms with E-state index in [0.717, 1.165) is 11.4 Å². The average molecular weight is 350 g/mol. The summed E-state index contributed by atoms with van der Waals surface area (Å²) in [6, 6.07) is 6.73. The van der Waals surface area contributed by atoms with Gasteiger partial charge in [-0.2, -0.15) is 0 Å². The third-order valence-corrected chi connectivity index (χ3v) is 3.87. The standard InChI is InChI=1S/C17H26N4O4/c1-13(20-17(23)21-9-11-25-12-10-21)16(22)19-8-7-18-14-3-5-15(24-2)6-4-14/h3-6,13,18H,7-12H2,1-2H3,(H,19,22)(H,20,23)/t13-/m0/s1. The molecule has 1 heterocycles. The lowest BCUT2D eigenvalue weighted by Gasteiger charge is -2.28. The van der Waals surface area contributed by atoms with Crippen molar-refractivity contribution in [3.63, 3.8) is 0 Å². The molecule has 1 fully saturated rings. The second-order valence-electron chi connectivity index (χ2n) is 5.72. The molecule has 0 spiro atoms. The number of amides is 3. The fraction of sp³-hybridized carbons (Fsp3) is 0.529. The number of methoxy groups -OCH3 is 1. The summed E-state index contributed by atoms with van der Waals surface area (Å²) >= 11 is 0. The molecule has 0 aliphatic carbocycles. The molecule has 1 atom stereocenters. The minimum absolute atomic E-state index is 0.210. The van der Waals surface area contributed by atoms with E-state index in [1.54, 1.807) is 18.9 Å². The minimum atomic E-state index is -0.587. The number of hydrogen-bond donors (Lipinski definition) is 3. The number of carbonyl (C=O) groups excluding carboxylic acids is 2. The monoisotopic (exact) mass is 350 g/mol. The third kappa shape index (κ3) is 6.15. The fourth-order valence-electron chi connectivity index (χ4n) is 2.36. The molecule has 2 rings (SSSR count). The zero-order valence-corrected chi connectivity index (χ0v) is 14.7. The van der Waals surface area contributed by atoms with Crippen LogP contribution in [0.2, 0.25) is 0 Å². The van der Waals surface area contributed by atoms with Crippen LogP contribution in [0, 0.1) is 0 Å². The SMILES string of the molecule is COc1ccc(NCCNC(=O)[C@H](C)NC(=O)N2CCOCC2)cc1. The summed E-state index contributed by atoms with van der Waals surface area (Å²) in [6.45, 7) is 4.88. The number of nitrogens with zero attached hydrogens (tertiary/aromatic N) is 1. The van der Waals surface area contributed by atoms with E-state index < -0.39 is 6.04 Å². The van der Waals surface area contributed by atoms with Gasteiger partial charge in [0.2, 0.25) is 5.91 Å². The largest absolute Gasteiger partial charge is 0.497 e. The quantitative estimate of drug-likeness (QED) is 0.628. The van der Waals surface area contributed by atoms with Gasteiger partial charge in [-0.3, -0.25) is 4.79 Å². The smallest absolute Gasteiger partial charge is 0.318 e. The van der Waals surface area contributed by atoms with E-state index in [0.29, 0.717) is 39.4 Å². The number of morpholine rings is 1. The highest BCUT2D eigenvalue weighted by Gasteiger charge is 2.21. The Bertz CT molecular complexity index is 558. The Balaban J connectivity index is 1.64. The molecule has 8 heteroatoms. The summed E-state index contributed by atoms with van der Waals surface area (Å²) in [5.41, 5.74) is 0.948. The Labute approximate surface area is 147 Å². The van der Waals surface area contributed by atoms with Crippen molar-refractivity contribution >= 4 is 17.6 Å². The molecule has 3 N–H and O–H groups in total. The van der Waals surface area contributed by atoms with Gasteiger partial charge in [0.15, 0.2) is 0 Å². The van der Waals surface area contributed by atoms with Crippen LogP contribution in [0.5, 0.6) is 5.75 Å². The maximum atomic E-state index is 12.0. The van der Waals surface area contributed by atoms with Gasteiger partial charge in [0.05, 0.1) is 20.3 Å². The average Bonchev–Trinajstić information content (AvgIpc) is 2.66. The van der Waals surface area contributed by atoms with E-state index in [2.05, 4.69) is 16.0 Å². The molecule has 8 nitrogen and oxygen atoms in total. The Hall–Kier alpha value is -2.48. The first kappa shape index (κ1) is 18.9. The number of anilines is 1. The topological polar surface area (TPSA) is 91.9 Å². The van der Waals surface area contributed by atoms with Crippen molar-refractivity contribution in [2.45, 2.75) is 13.0 Å². The van der Waals surface area contributed by atoms with Gasteiger partial charge in [0.1, 0.15) is 11.8 Å². The molecule has 138 valence electrons. The number of ether oxygens (including phenoxy) is 2. The Morgan fingerprint density at radius 2 is 1.88 bits per heavy atom. The first-order chi connectivity index (χ1) is 12.1. The number of rotatable bonds is 7. The Kier molecular flexibility index (Phi) is 7.34. The number of hydrogen-bond acceptors (Lipinski definition) is 5. The molecule has 3 amide bonds. The van der Waals surface area contributed by atoms with Gasteiger partial charge >= 0.3 is 6.03 Å². The predicted octanol–water partition coefficient (Wildman–Crippen LogP) is 0.654. The van der Waals surface area contributed by atoms with Crippen LogP contribution in [-0.4, -0.2) is 69.4 Å². The highest BCUT2D eigenvalue weighted by molar-refractivity contribution is 5.86. The molecular weight excluding hydrogens is 324 g/mol. The molecule has 0 aromatic heterocycles. The summed E-state index contributed by atoms with van der Waals surface area (Å²) in [4.78, 5) is 25.7. The molecule has 1 aliphatic rings. The third-order valence-electron chi connectivity index (χ3n) is 3.87. The molecule has 0 bridgehead atoms. The van der Waals surface area contributed by atoms with Gasteiger partial charge in [-0.1, -0.05) is 0 Å². The molecule has 1 aromatic carbocycles. The van der Waals surface area contributed by atoms with Crippen LogP contribution in [-0.2, 0) is 9.53 Å². The van der Waals surface area contributed by atoms with Gasteiger partial charge < -0.3 is 30.3 Å². The zero-order chi connectivity index (χ0) is 18.1. The van der Waals surface area contributed by atoms with Crippen molar-refractivity contribution in [2.24, 2.45) is 0 Å². The van der Waals surface area contributed by atoms with Crippen LogP contribution >= 0.6 is 0 Å². The van der Waals surface area contributed by atoms with Gasteiger partial charge in [-0.05, 0) is 31.2 Å². The van der Waals surface area contributed by atoms with E-state index in [1.165, 1.54) is 0 Å². The predicted molar refractivity (Wildman–Crippen MR) is 94.9 cm³/mol. The van der Waals surface area contributed by atoms with Crippen LogP contribution in [0.1, 0.15) is 6.92 Å². The molecular formula is C17H26N4O4. The minimum Gasteiger partial charge on any atom is -0.497 e. The Morgan fingerprint density at radius 3 is 2.52 bits per heavy atom. The molecule has 0 radical (unpaired) electrons. The van der Waals surface area contributed by atoms with E-state index in [1.807, 2.05) is 24.3 Å². The van der Waals surface area contributed by atoms with Crippen molar-refractivity contribution in [2.75, 3.05) is 51.8 Å². The lowest BCUT2D eigenvalue weighted by Crippen LogP contribution is -2.52. The van der Waals surface area contributed by atoms with Crippen molar-refractivity contribution in [1.29, 1.82) is 0 Å². The van der Waals surface area contributed by atoms with Gasteiger partial charge in [0, 0.05) is 31.9 Å². The van der Waals surface area contributed by atoms with Crippen molar-refractivity contribution in [1.82, 2.24) is 15.5 Å². The molecule has 1 aliphatic heterocycles. The van der Waals surface area contributed by atoms with Crippen LogP contribution in [0.3, 0.4) is 0 Å². The number of urea groups is 1. The fourth-order valence-corrected chi connectivity index (χ4v) is 2.36. The van der Waals surface area contributed by atoms with Crippen LogP contribution in [0.25, 0.3) is 0 Å². The molecule has 25 heavy (non-hydrogen) atoms. The van der Waals surface area contributed by atoms with Crippen LogP contribution < -0.4 is 20.7 Å². The van der Waals surface area contributed by atoms with Gasteiger partial charge in [0.25, 0.3) is 0 Å². The molecule has 0 saturated carbocycles. The number of carbonyl (C=O) groups is 2. The Morgan fingerprint density at radius 1 is 1.20 bits per heavy atom. The van der Waals surface area contributed by atoms with Crippen LogP contribution in [0.15, 0.2) is 24.3 Å². The lowest BCUT2D eigenvalue weighted by atomic mass is 10.3. The maximum absolute atomic E-state index is 12.0. The number of benzene rings is 1. The van der Waals surface area contributed by atoms with E-state index in [9.17, 15) is 9.59 Å². The van der Waals surface area contributed by atoms with Crippen LogP contribution in [0.4, 0.5) is 10.5 Å². The highest BCUT2D eigenvalue weighted by atomic mass is 16.5. The van der Waals surface area contributed by atoms with Crippen molar-refractivity contribution < 1.29 is 19.1 Å². The van der Waals surface area contributed by atoms with Gasteiger partial charge in [-0.15, -0.1) is 0 Å². The highest BCUT2D eigenvalue weighted by Crippen LogP contribution is 2.14. The van der Waals surface area contributed by atoms with Crippen molar-refractivity contribution in [3.8, 4) is 5.75 Å². The maximum Gasteiger partial charge on any atom is 0.318 e. The summed E-state index contributed by atoms with van der Waals surface area (Å²) in [5.74, 6) is 0.585. The molecule has 1 saturated heterocycles. The zero-order valence-electron chi connectivity index (χ0n) is 14.7. The summed E-state index contributed by atoms with van der Waals surface area (Å²) in [7, 11) is 1.62. The van der Waals surface area contributed by atoms with E-state index in [-0.39, 0.29) is 11.9 Å². The second-order valence-corrected chi connectivity index (χ2v) is 5.72. The summed E-state index contributed by atoms with van der Waals surface area (Å²) in [6.07, 6.45) is 0. The van der Waals surface area contributed by atoms with E-state index >= 15 is 0 Å². The normalized spacial score (nSPS) is 15.2. The van der Waals surface area contributed by atoms with Gasteiger partial charge in [-0.25, -0.2) is 4.79 Å². The number of nitrogens with one attached hydrogen (secondary N) is 3. The molecule has 0 unspecified atom stereocenters. The van der Waals surface area contributed by atoms with Crippen molar-refractivity contribution in [3.05, 3.63) is 24.3 Å². The first-order valence-corrected chi connectivity index (χ1v) is 8.39. The first-order valence-electron chi connectivity index (χ1n) is 8.39. The molecule has 1 aromatic rings. The second kappa shape index (κ2) is 9.73.